The van der Waals surface area contributed by atoms with Gasteiger partial charge in [0.15, 0.2) is 6.10 Å². The maximum Gasteiger partial charge on any atom is 0.254 e. The minimum atomic E-state index is -0.681. The molecule has 0 unspecified atom stereocenters. The van der Waals surface area contributed by atoms with Gasteiger partial charge in [-0.2, -0.15) is 0 Å². The van der Waals surface area contributed by atoms with Crippen LogP contribution in [0.4, 0.5) is 0 Å². The van der Waals surface area contributed by atoms with Crippen molar-refractivity contribution >= 4 is 11.8 Å². The number of hydrogen-bond donors (Lipinski definition) is 0. The monoisotopic (exact) mass is 364 g/mol. The van der Waals surface area contributed by atoms with Crippen LogP contribution in [0.25, 0.3) is 0 Å². The molecule has 0 bridgehead atoms. The second-order valence-electron chi connectivity index (χ2n) is 7.32. The number of carbonyl (C=O) groups is 2. The van der Waals surface area contributed by atoms with Crippen molar-refractivity contribution in [2.75, 3.05) is 20.2 Å². The fourth-order valence-electron chi connectivity index (χ4n) is 4.07. The second kappa shape index (κ2) is 7.16. The molecule has 5 nitrogen and oxygen atoms in total. The molecule has 140 valence electrons. The highest BCUT2D eigenvalue weighted by Gasteiger charge is 2.42. The van der Waals surface area contributed by atoms with Gasteiger partial charge >= 0.3 is 0 Å². The molecule has 2 aliphatic heterocycles. The Hall–Kier alpha value is -2.66. The van der Waals surface area contributed by atoms with E-state index in [9.17, 15) is 9.59 Å². The first kappa shape index (κ1) is 17.7. The van der Waals surface area contributed by atoms with Gasteiger partial charge < -0.3 is 14.5 Å². The van der Waals surface area contributed by atoms with Gasteiger partial charge in [-0.1, -0.05) is 48.5 Å². The van der Waals surface area contributed by atoms with Gasteiger partial charge in [-0.25, -0.2) is 0 Å². The standard InChI is InChI=1S/C22H24N2O3/c1-15-7-3-6-10-18(15)20-21(27-14-19(25)23(20)2)22(26)24-12-11-16-8-4-5-9-17(16)13-24/h3-10,20-21H,11-14H2,1-2H3/t20-,21+/m1/s1. The molecule has 2 amide bonds. The van der Waals surface area contributed by atoms with Crippen molar-refractivity contribution in [3.05, 3.63) is 70.8 Å². The molecule has 0 aromatic heterocycles. The number of aryl methyl sites for hydroxylation is 1. The number of morpholine rings is 1. The van der Waals surface area contributed by atoms with Gasteiger partial charge in [0.1, 0.15) is 6.61 Å². The molecule has 5 heteroatoms. The normalized spacial score (nSPS) is 22.5. The van der Waals surface area contributed by atoms with Crippen LogP contribution in [0.3, 0.4) is 0 Å². The number of likely N-dealkylation sites (N-methyl/N-ethyl adjacent to an activating group) is 1. The fraction of sp³-hybridized carbons (Fsp3) is 0.364. The smallest absolute Gasteiger partial charge is 0.254 e. The average molecular weight is 364 g/mol. The van der Waals surface area contributed by atoms with E-state index in [1.54, 1.807) is 11.9 Å². The number of carbonyl (C=O) groups excluding carboxylic acids is 2. The Kier molecular flexibility index (Phi) is 4.70. The third-order valence-corrected chi connectivity index (χ3v) is 5.68. The van der Waals surface area contributed by atoms with E-state index in [-0.39, 0.29) is 18.4 Å². The highest BCUT2D eigenvalue weighted by molar-refractivity contribution is 5.86. The molecule has 1 saturated heterocycles. The van der Waals surface area contributed by atoms with Crippen molar-refractivity contribution in [2.24, 2.45) is 0 Å². The lowest BCUT2D eigenvalue weighted by atomic mass is 9.92. The molecule has 4 rings (SSSR count). The second-order valence-corrected chi connectivity index (χ2v) is 7.32. The lowest BCUT2D eigenvalue weighted by molar-refractivity contribution is -0.168. The van der Waals surface area contributed by atoms with Crippen molar-refractivity contribution in [1.29, 1.82) is 0 Å². The quantitative estimate of drug-likeness (QED) is 0.823. The number of nitrogens with zero attached hydrogens (tertiary/aromatic N) is 2. The number of ether oxygens (including phenoxy) is 1. The van der Waals surface area contributed by atoms with E-state index in [0.717, 1.165) is 17.5 Å². The molecular weight excluding hydrogens is 340 g/mol. The Bertz CT molecular complexity index is 879. The summed E-state index contributed by atoms with van der Waals surface area (Å²) in [5.41, 5.74) is 4.50. The van der Waals surface area contributed by atoms with Gasteiger partial charge in [0, 0.05) is 20.1 Å². The zero-order chi connectivity index (χ0) is 19.0. The summed E-state index contributed by atoms with van der Waals surface area (Å²) in [6.07, 6.45) is 0.164. The zero-order valence-electron chi connectivity index (χ0n) is 15.7. The van der Waals surface area contributed by atoms with E-state index in [2.05, 4.69) is 12.1 Å². The molecule has 0 N–H and O–H groups in total. The van der Waals surface area contributed by atoms with Gasteiger partial charge in [0.2, 0.25) is 5.91 Å². The summed E-state index contributed by atoms with van der Waals surface area (Å²) in [7, 11) is 1.76. The Morgan fingerprint density at radius 3 is 2.56 bits per heavy atom. The SMILES string of the molecule is Cc1ccccc1[C@@H]1[C@@H](C(=O)N2CCc3ccccc3C2)OCC(=O)N1C. The number of hydrogen-bond acceptors (Lipinski definition) is 3. The number of amides is 2. The first-order valence-corrected chi connectivity index (χ1v) is 9.34. The van der Waals surface area contributed by atoms with Gasteiger partial charge in [-0.15, -0.1) is 0 Å². The number of rotatable bonds is 2. The lowest BCUT2D eigenvalue weighted by Gasteiger charge is -2.41. The van der Waals surface area contributed by atoms with Crippen molar-refractivity contribution in [1.82, 2.24) is 9.80 Å². The van der Waals surface area contributed by atoms with Gasteiger partial charge in [0.25, 0.3) is 5.91 Å². The molecule has 2 aliphatic rings. The third kappa shape index (κ3) is 3.23. The van der Waals surface area contributed by atoms with Crippen LogP contribution in [0.1, 0.15) is 28.3 Å². The average Bonchev–Trinajstić information content (AvgIpc) is 2.70. The summed E-state index contributed by atoms with van der Waals surface area (Å²) in [5, 5.41) is 0. The summed E-state index contributed by atoms with van der Waals surface area (Å²) < 4.78 is 5.80. The minimum Gasteiger partial charge on any atom is -0.356 e. The molecule has 2 heterocycles. The van der Waals surface area contributed by atoms with Crippen molar-refractivity contribution in [3.8, 4) is 0 Å². The molecule has 0 aliphatic carbocycles. The van der Waals surface area contributed by atoms with Crippen LogP contribution in [0.2, 0.25) is 0 Å². The van der Waals surface area contributed by atoms with Crippen molar-refractivity contribution < 1.29 is 14.3 Å². The first-order chi connectivity index (χ1) is 13.1. The van der Waals surface area contributed by atoms with E-state index >= 15 is 0 Å². The largest absolute Gasteiger partial charge is 0.356 e. The Morgan fingerprint density at radius 2 is 1.78 bits per heavy atom. The van der Waals surface area contributed by atoms with E-state index < -0.39 is 12.1 Å². The number of benzene rings is 2. The molecule has 27 heavy (non-hydrogen) atoms. The van der Waals surface area contributed by atoms with E-state index in [4.69, 9.17) is 4.74 Å². The Morgan fingerprint density at radius 1 is 1.07 bits per heavy atom. The summed E-state index contributed by atoms with van der Waals surface area (Å²) in [6.45, 7) is 3.21. The van der Waals surface area contributed by atoms with Crippen LogP contribution in [0.15, 0.2) is 48.5 Å². The third-order valence-electron chi connectivity index (χ3n) is 5.68. The summed E-state index contributed by atoms with van der Waals surface area (Å²) in [5.74, 6) is -0.145. The molecule has 1 fully saturated rings. The van der Waals surface area contributed by atoms with E-state index in [1.807, 2.05) is 48.2 Å². The van der Waals surface area contributed by atoms with E-state index in [1.165, 1.54) is 11.1 Å². The van der Waals surface area contributed by atoms with Crippen LogP contribution in [0.5, 0.6) is 0 Å². The first-order valence-electron chi connectivity index (χ1n) is 9.34. The maximum absolute atomic E-state index is 13.4. The maximum atomic E-state index is 13.4. The molecule has 0 radical (unpaired) electrons. The highest BCUT2D eigenvalue weighted by atomic mass is 16.5. The zero-order valence-corrected chi connectivity index (χ0v) is 15.7. The lowest BCUT2D eigenvalue weighted by Crippen LogP contribution is -2.54. The Balaban J connectivity index is 1.63. The molecule has 2 aromatic rings. The van der Waals surface area contributed by atoms with Gasteiger partial charge in [0.05, 0.1) is 6.04 Å². The van der Waals surface area contributed by atoms with Crippen LogP contribution in [0, 0.1) is 6.92 Å². The molecular formula is C22H24N2O3. The number of fused-ring (bicyclic) bond motifs is 1. The van der Waals surface area contributed by atoms with Crippen LogP contribution in [-0.2, 0) is 27.3 Å². The molecule has 2 aromatic carbocycles. The van der Waals surface area contributed by atoms with Crippen LogP contribution < -0.4 is 0 Å². The van der Waals surface area contributed by atoms with Crippen LogP contribution in [-0.4, -0.2) is 47.9 Å². The summed E-state index contributed by atoms with van der Waals surface area (Å²) >= 11 is 0. The van der Waals surface area contributed by atoms with E-state index in [0.29, 0.717) is 13.1 Å². The molecule has 0 spiro atoms. The minimum absolute atomic E-state index is 0.0443. The predicted octanol–water partition coefficient (Wildman–Crippen LogP) is 2.48. The summed E-state index contributed by atoms with van der Waals surface area (Å²) in [6, 6.07) is 15.7. The molecule has 0 saturated carbocycles. The summed E-state index contributed by atoms with van der Waals surface area (Å²) in [4.78, 5) is 29.2. The van der Waals surface area contributed by atoms with Crippen molar-refractivity contribution in [2.45, 2.75) is 32.0 Å². The fourth-order valence-corrected chi connectivity index (χ4v) is 4.07. The predicted molar refractivity (Wildman–Crippen MR) is 102 cm³/mol. The van der Waals surface area contributed by atoms with Gasteiger partial charge in [-0.3, -0.25) is 9.59 Å². The Labute approximate surface area is 159 Å². The van der Waals surface area contributed by atoms with Crippen LogP contribution >= 0.6 is 0 Å². The molecule has 2 atom stereocenters. The topological polar surface area (TPSA) is 49.9 Å². The van der Waals surface area contributed by atoms with Gasteiger partial charge in [-0.05, 0) is 35.6 Å². The highest BCUT2D eigenvalue weighted by Crippen LogP contribution is 2.33. The van der Waals surface area contributed by atoms with Crippen molar-refractivity contribution in [3.63, 3.8) is 0 Å².